The standard InChI is InChI=1S/C14H16N2O4/c1-8-5-9-6-10(12(17)18)16(11(9)15-7-8)13(19)20-14(2,3)4/h5-7H,1-4H3,(H,17,18). The maximum Gasteiger partial charge on any atom is 0.420 e. The zero-order valence-corrected chi connectivity index (χ0v) is 11.8. The van der Waals surface area contributed by atoms with Crippen molar-refractivity contribution in [2.45, 2.75) is 33.3 Å². The highest BCUT2D eigenvalue weighted by atomic mass is 16.6. The van der Waals surface area contributed by atoms with Crippen LogP contribution in [0.2, 0.25) is 0 Å². The van der Waals surface area contributed by atoms with E-state index in [0.717, 1.165) is 10.1 Å². The molecule has 0 amide bonds. The minimum Gasteiger partial charge on any atom is -0.477 e. The molecule has 1 N–H and O–H groups in total. The van der Waals surface area contributed by atoms with Gasteiger partial charge in [0.25, 0.3) is 0 Å². The molecular formula is C14H16N2O4. The Labute approximate surface area is 116 Å². The lowest BCUT2D eigenvalue weighted by atomic mass is 10.2. The summed E-state index contributed by atoms with van der Waals surface area (Å²) in [7, 11) is 0. The van der Waals surface area contributed by atoms with Crippen molar-refractivity contribution in [2.75, 3.05) is 0 Å². The summed E-state index contributed by atoms with van der Waals surface area (Å²) >= 11 is 0. The van der Waals surface area contributed by atoms with Gasteiger partial charge in [-0.05, 0) is 45.4 Å². The van der Waals surface area contributed by atoms with Gasteiger partial charge in [-0.2, -0.15) is 0 Å². The van der Waals surface area contributed by atoms with Crippen LogP contribution in [0.5, 0.6) is 0 Å². The first-order valence-corrected chi connectivity index (χ1v) is 6.14. The molecular weight excluding hydrogens is 260 g/mol. The fraction of sp³-hybridized carbons (Fsp3) is 0.357. The molecule has 0 aliphatic rings. The van der Waals surface area contributed by atoms with Gasteiger partial charge in [0.15, 0.2) is 0 Å². The number of carboxylic acids is 1. The summed E-state index contributed by atoms with van der Waals surface area (Å²) in [5.41, 5.74) is 0.291. The summed E-state index contributed by atoms with van der Waals surface area (Å²) in [6, 6.07) is 3.19. The van der Waals surface area contributed by atoms with Crippen molar-refractivity contribution in [3.05, 3.63) is 29.6 Å². The summed E-state index contributed by atoms with van der Waals surface area (Å²) in [6.07, 6.45) is 0.829. The minimum atomic E-state index is -1.20. The molecule has 0 aliphatic heterocycles. The lowest BCUT2D eigenvalue weighted by Gasteiger charge is -2.20. The molecule has 2 heterocycles. The summed E-state index contributed by atoms with van der Waals surface area (Å²) in [5, 5.41) is 9.82. The number of carbonyl (C=O) groups is 2. The number of fused-ring (bicyclic) bond motifs is 1. The molecule has 106 valence electrons. The topological polar surface area (TPSA) is 81.4 Å². The summed E-state index contributed by atoms with van der Waals surface area (Å²) in [4.78, 5) is 27.6. The van der Waals surface area contributed by atoms with Gasteiger partial charge in [-0.1, -0.05) is 0 Å². The second kappa shape index (κ2) is 4.63. The number of aryl methyl sites for hydroxylation is 1. The van der Waals surface area contributed by atoms with Crippen molar-refractivity contribution in [1.29, 1.82) is 0 Å². The molecule has 0 saturated heterocycles. The molecule has 2 aromatic heterocycles. The van der Waals surface area contributed by atoms with E-state index in [1.807, 2.05) is 6.92 Å². The quantitative estimate of drug-likeness (QED) is 0.866. The Morgan fingerprint density at radius 1 is 1.30 bits per heavy atom. The van der Waals surface area contributed by atoms with Crippen molar-refractivity contribution in [3.8, 4) is 0 Å². The molecule has 2 rings (SSSR count). The van der Waals surface area contributed by atoms with Crippen LogP contribution in [-0.2, 0) is 4.74 Å². The molecule has 2 aromatic rings. The fourth-order valence-corrected chi connectivity index (χ4v) is 1.85. The molecule has 6 nitrogen and oxygen atoms in total. The van der Waals surface area contributed by atoms with Crippen LogP contribution in [0.3, 0.4) is 0 Å². The van der Waals surface area contributed by atoms with Gasteiger partial charge < -0.3 is 9.84 Å². The summed E-state index contributed by atoms with van der Waals surface area (Å²) < 4.78 is 6.22. The van der Waals surface area contributed by atoms with E-state index in [0.29, 0.717) is 5.39 Å². The van der Waals surface area contributed by atoms with Crippen molar-refractivity contribution in [3.63, 3.8) is 0 Å². The van der Waals surface area contributed by atoms with E-state index in [9.17, 15) is 14.7 Å². The average molecular weight is 276 g/mol. The first kappa shape index (κ1) is 14.0. The van der Waals surface area contributed by atoms with Crippen LogP contribution < -0.4 is 0 Å². The van der Waals surface area contributed by atoms with Crippen LogP contribution in [0.4, 0.5) is 4.79 Å². The third kappa shape index (κ3) is 2.64. The van der Waals surface area contributed by atoms with Crippen LogP contribution in [0.1, 0.15) is 36.8 Å². The second-order valence-electron chi connectivity index (χ2n) is 5.58. The van der Waals surface area contributed by atoms with Crippen molar-refractivity contribution in [2.24, 2.45) is 0 Å². The van der Waals surface area contributed by atoms with Gasteiger partial charge in [0.05, 0.1) is 0 Å². The maximum absolute atomic E-state index is 12.2. The van der Waals surface area contributed by atoms with Gasteiger partial charge in [0, 0.05) is 11.6 Å². The minimum absolute atomic E-state index is 0.160. The van der Waals surface area contributed by atoms with Crippen LogP contribution >= 0.6 is 0 Å². The number of carboxylic acid groups (broad SMARTS) is 1. The van der Waals surface area contributed by atoms with Gasteiger partial charge in [0.1, 0.15) is 16.9 Å². The monoisotopic (exact) mass is 276 g/mol. The first-order valence-electron chi connectivity index (χ1n) is 6.14. The Morgan fingerprint density at radius 3 is 2.50 bits per heavy atom. The SMILES string of the molecule is Cc1cnc2c(c1)cc(C(=O)O)n2C(=O)OC(C)(C)C. The van der Waals surface area contributed by atoms with Crippen LogP contribution in [0.25, 0.3) is 11.0 Å². The van der Waals surface area contributed by atoms with Crippen molar-refractivity contribution < 1.29 is 19.4 Å². The number of hydrogen-bond acceptors (Lipinski definition) is 4. The normalized spacial score (nSPS) is 11.6. The molecule has 0 bridgehead atoms. The molecule has 0 saturated carbocycles. The Kier molecular flexibility index (Phi) is 3.25. The van der Waals surface area contributed by atoms with E-state index in [-0.39, 0.29) is 11.3 Å². The van der Waals surface area contributed by atoms with Gasteiger partial charge in [-0.15, -0.1) is 0 Å². The molecule has 0 aliphatic carbocycles. The molecule has 0 spiro atoms. The number of hydrogen-bond donors (Lipinski definition) is 1. The predicted octanol–water partition coefficient (Wildman–Crippen LogP) is 2.83. The Bertz CT molecular complexity index is 695. The molecule has 0 atom stereocenters. The van der Waals surface area contributed by atoms with Gasteiger partial charge in [-0.25, -0.2) is 19.1 Å². The number of ether oxygens (including phenoxy) is 1. The number of aromatic nitrogens is 2. The largest absolute Gasteiger partial charge is 0.477 e. The molecule has 0 unspecified atom stereocenters. The van der Waals surface area contributed by atoms with Crippen LogP contribution in [0.15, 0.2) is 18.3 Å². The molecule has 20 heavy (non-hydrogen) atoms. The summed E-state index contributed by atoms with van der Waals surface area (Å²) in [5.74, 6) is -1.20. The van der Waals surface area contributed by atoms with Gasteiger partial charge in [0.2, 0.25) is 0 Å². The number of nitrogens with zero attached hydrogens (tertiary/aromatic N) is 2. The number of aromatic carboxylic acids is 1. The lowest BCUT2D eigenvalue weighted by molar-refractivity contribution is 0.0512. The Morgan fingerprint density at radius 2 is 1.95 bits per heavy atom. The Balaban J connectivity index is 2.63. The van der Waals surface area contributed by atoms with Gasteiger partial charge >= 0.3 is 12.1 Å². The highest BCUT2D eigenvalue weighted by Gasteiger charge is 2.25. The fourth-order valence-electron chi connectivity index (χ4n) is 1.85. The highest BCUT2D eigenvalue weighted by Crippen LogP contribution is 2.21. The van der Waals surface area contributed by atoms with Crippen LogP contribution in [-0.4, -0.2) is 32.3 Å². The van der Waals surface area contributed by atoms with Gasteiger partial charge in [-0.3, -0.25) is 0 Å². The Hall–Kier alpha value is -2.37. The number of carbonyl (C=O) groups excluding carboxylic acids is 1. The first-order chi connectivity index (χ1) is 9.19. The van der Waals surface area contributed by atoms with E-state index in [2.05, 4.69) is 4.98 Å². The van der Waals surface area contributed by atoms with Crippen molar-refractivity contribution >= 4 is 23.1 Å². The number of pyridine rings is 1. The molecule has 0 fully saturated rings. The smallest absolute Gasteiger partial charge is 0.420 e. The predicted molar refractivity (Wildman–Crippen MR) is 73.1 cm³/mol. The number of rotatable bonds is 1. The van der Waals surface area contributed by atoms with E-state index >= 15 is 0 Å². The maximum atomic E-state index is 12.2. The molecule has 0 aromatic carbocycles. The van der Waals surface area contributed by atoms with E-state index in [1.54, 1.807) is 33.0 Å². The third-order valence-corrected chi connectivity index (χ3v) is 2.57. The third-order valence-electron chi connectivity index (χ3n) is 2.57. The van der Waals surface area contributed by atoms with E-state index in [1.165, 1.54) is 6.07 Å². The van der Waals surface area contributed by atoms with Crippen molar-refractivity contribution in [1.82, 2.24) is 9.55 Å². The highest BCUT2D eigenvalue weighted by molar-refractivity contribution is 5.99. The zero-order valence-electron chi connectivity index (χ0n) is 11.8. The summed E-state index contributed by atoms with van der Waals surface area (Å²) in [6.45, 7) is 7.00. The van der Waals surface area contributed by atoms with E-state index in [4.69, 9.17) is 4.74 Å². The zero-order chi connectivity index (χ0) is 15.1. The second-order valence-corrected chi connectivity index (χ2v) is 5.58. The van der Waals surface area contributed by atoms with E-state index < -0.39 is 17.7 Å². The molecule has 6 heteroatoms. The lowest BCUT2D eigenvalue weighted by Crippen LogP contribution is -2.29. The van der Waals surface area contributed by atoms with Crippen LogP contribution in [0, 0.1) is 6.92 Å². The molecule has 0 radical (unpaired) electrons. The average Bonchev–Trinajstić information content (AvgIpc) is 2.64.